The van der Waals surface area contributed by atoms with Crippen LogP contribution in [0, 0.1) is 11.3 Å². The van der Waals surface area contributed by atoms with Gasteiger partial charge in [-0.15, -0.1) is 0 Å². The second-order valence-electron chi connectivity index (χ2n) is 12.8. The van der Waals surface area contributed by atoms with E-state index >= 15 is 0 Å². The molecular formula is C30H40F3N7O3. The smallest absolute Gasteiger partial charge is 0.416 e. The number of nitrogens with zero attached hydrogens (tertiary/aromatic N) is 4. The van der Waals surface area contributed by atoms with Crippen molar-refractivity contribution >= 4 is 34.8 Å². The van der Waals surface area contributed by atoms with Crippen LogP contribution in [0.1, 0.15) is 77.8 Å². The number of carbonyl (C=O) groups excluding carboxylic acids is 1. The molecule has 1 saturated carbocycles. The van der Waals surface area contributed by atoms with Gasteiger partial charge in [0.25, 0.3) is 0 Å². The lowest BCUT2D eigenvalue weighted by molar-refractivity contribution is -0.137. The standard InChI is InChI=1S/C30H40F3N7O3/c1-17-14-21(12-13-42-17)36-27-35-16-23-25(39-27)40(28(38-23)37-20-7-5-6-19(15-20)30(31,32)33)22-10-8-18(9-11-22)24(29(2,3)4)43-26(34)41/h5-7,15-18,21-22,24H,8-14H2,1-4H3,(H2,34,41)(H,37,38)(H,35,36,39)/t17-,18?,21-,22?,24?/m0/s1. The summed E-state index contributed by atoms with van der Waals surface area (Å²) in [6.07, 6.45) is 0.822. The number of carbonyl (C=O) groups is 1. The number of nitrogens with one attached hydrogen (secondary N) is 2. The van der Waals surface area contributed by atoms with Gasteiger partial charge in [0.05, 0.1) is 17.9 Å². The number of alkyl halides is 3. The maximum absolute atomic E-state index is 13.4. The fourth-order valence-electron chi connectivity index (χ4n) is 6.38. The van der Waals surface area contributed by atoms with Gasteiger partial charge in [0.2, 0.25) is 11.9 Å². The van der Waals surface area contributed by atoms with Gasteiger partial charge in [-0.1, -0.05) is 26.8 Å². The first-order valence-electron chi connectivity index (χ1n) is 14.8. The van der Waals surface area contributed by atoms with Crippen LogP contribution in [0.4, 0.5) is 35.5 Å². The minimum atomic E-state index is -4.47. The maximum Gasteiger partial charge on any atom is 0.416 e. The summed E-state index contributed by atoms with van der Waals surface area (Å²) in [6, 6.07) is 5.17. The summed E-state index contributed by atoms with van der Waals surface area (Å²) in [7, 11) is 0. The molecule has 3 heterocycles. The number of benzene rings is 1. The third kappa shape index (κ3) is 7.31. The number of primary amides is 1. The molecule has 43 heavy (non-hydrogen) atoms. The van der Waals surface area contributed by atoms with E-state index in [1.165, 1.54) is 6.07 Å². The average molecular weight is 604 g/mol. The van der Waals surface area contributed by atoms with Gasteiger partial charge in [-0.05, 0) is 75.0 Å². The highest BCUT2D eigenvalue weighted by molar-refractivity contribution is 5.76. The summed E-state index contributed by atoms with van der Waals surface area (Å²) >= 11 is 0. The van der Waals surface area contributed by atoms with E-state index in [-0.39, 0.29) is 41.3 Å². The lowest BCUT2D eigenvalue weighted by atomic mass is 9.73. The minimum absolute atomic E-state index is 0.0467. The van der Waals surface area contributed by atoms with Crippen LogP contribution in [-0.4, -0.2) is 50.5 Å². The average Bonchev–Trinajstić information content (AvgIpc) is 3.28. The highest BCUT2D eigenvalue weighted by Crippen LogP contribution is 2.42. The van der Waals surface area contributed by atoms with Crippen LogP contribution < -0.4 is 16.4 Å². The molecule has 0 radical (unpaired) electrons. The fraction of sp³-hybridized carbons (Fsp3) is 0.600. The molecule has 4 N–H and O–H groups in total. The van der Waals surface area contributed by atoms with Crippen molar-refractivity contribution in [2.24, 2.45) is 17.1 Å². The van der Waals surface area contributed by atoms with E-state index in [0.29, 0.717) is 29.7 Å². The molecule has 1 aromatic carbocycles. The normalized spacial score (nSPS) is 24.0. The van der Waals surface area contributed by atoms with Crippen molar-refractivity contribution in [2.45, 2.75) is 96.7 Å². The number of nitrogens with two attached hydrogens (primary N) is 1. The Kier molecular flexibility index (Phi) is 8.73. The van der Waals surface area contributed by atoms with Crippen molar-refractivity contribution < 1.29 is 27.4 Å². The molecular weight excluding hydrogens is 563 g/mol. The molecule has 1 amide bonds. The molecule has 2 fully saturated rings. The van der Waals surface area contributed by atoms with Gasteiger partial charge in [0.15, 0.2) is 5.65 Å². The number of halogens is 3. The summed E-state index contributed by atoms with van der Waals surface area (Å²) in [4.78, 5) is 25.7. The predicted octanol–water partition coefficient (Wildman–Crippen LogP) is 6.81. The van der Waals surface area contributed by atoms with Crippen LogP contribution in [0.25, 0.3) is 11.2 Å². The van der Waals surface area contributed by atoms with Gasteiger partial charge in [-0.3, -0.25) is 4.57 Å². The van der Waals surface area contributed by atoms with E-state index in [0.717, 1.165) is 50.7 Å². The molecule has 1 aliphatic carbocycles. The summed E-state index contributed by atoms with van der Waals surface area (Å²) in [6.45, 7) is 8.77. The second-order valence-corrected chi connectivity index (χ2v) is 12.8. The molecule has 1 aliphatic heterocycles. The quantitative estimate of drug-likeness (QED) is 0.269. The number of anilines is 3. The fourth-order valence-corrected chi connectivity index (χ4v) is 6.38. The summed E-state index contributed by atoms with van der Waals surface area (Å²) in [5.41, 5.74) is 5.76. The molecule has 3 aromatic rings. The van der Waals surface area contributed by atoms with Crippen molar-refractivity contribution in [3.05, 3.63) is 36.0 Å². The topological polar surface area (TPSA) is 129 Å². The molecule has 3 atom stereocenters. The summed E-state index contributed by atoms with van der Waals surface area (Å²) in [5.74, 6) is 0.972. The van der Waals surface area contributed by atoms with Crippen LogP contribution in [0.3, 0.4) is 0 Å². The largest absolute Gasteiger partial charge is 0.446 e. The highest BCUT2D eigenvalue weighted by atomic mass is 19.4. The Morgan fingerprint density at radius 1 is 1.14 bits per heavy atom. The number of hydrogen-bond acceptors (Lipinski definition) is 8. The van der Waals surface area contributed by atoms with Crippen molar-refractivity contribution in [1.82, 2.24) is 19.5 Å². The molecule has 2 aliphatic rings. The number of imidazole rings is 1. The molecule has 13 heteroatoms. The number of rotatable bonds is 7. The first-order valence-corrected chi connectivity index (χ1v) is 14.8. The van der Waals surface area contributed by atoms with E-state index in [4.69, 9.17) is 25.2 Å². The Balaban J connectivity index is 1.46. The van der Waals surface area contributed by atoms with E-state index < -0.39 is 17.8 Å². The van der Waals surface area contributed by atoms with Gasteiger partial charge >= 0.3 is 12.3 Å². The van der Waals surface area contributed by atoms with Gasteiger partial charge in [0, 0.05) is 24.4 Å². The second kappa shape index (κ2) is 12.2. The van der Waals surface area contributed by atoms with Crippen LogP contribution in [-0.2, 0) is 15.7 Å². The predicted molar refractivity (Wildman–Crippen MR) is 157 cm³/mol. The van der Waals surface area contributed by atoms with Gasteiger partial charge in [-0.2, -0.15) is 18.2 Å². The number of aromatic nitrogens is 4. The zero-order valence-corrected chi connectivity index (χ0v) is 24.9. The lowest BCUT2D eigenvalue weighted by Crippen LogP contribution is -2.41. The van der Waals surface area contributed by atoms with Gasteiger partial charge < -0.3 is 25.8 Å². The van der Waals surface area contributed by atoms with E-state index in [2.05, 4.69) is 15.6 Å². The van der Waals surface area contributed by atoms with Crippen LogP contribution in [0.5, 0.6) is 0 Å². The summed E-state index contributed by atoms with van der Waals surface area (Å²) < 4.78 is 53.6. The van der Waals surface area contributed by atoms with Gasteiger partial charge in [0.1, 0.15) is 11.6 Å². The Hall–Kier alpha value is -3.61. The molecule has 0 spiro atoms. The molecule has 10 nitrogen and oxygen atoms in total. The first kappa shape index (κ1) is 30.8. The first-order chi connectivity index (χ1) is 20.3. The lowest BCUT2D eigenvalue weighted by Gasteiger charge is -2.40. The molecule has 1 saturated heterocycles. The Bertz CT molecular complexity index is 1430. The number of fused-ring (bicyclic) bond motifs is 1. The van der Waals surface area contributed by atoms with Crippen molar-refractivity contribution in [3.63, 3.8) is 0 Å². The van der Waals surface area contributed by atoms with E-state index in [1.54, 1.807) is 12.3 Å². The third-order valence-electron chi connectivity index (χ3n) is 8.33. The molecule has 1 unspecified atom stereocenters. The van der Waals surface area contributed by atoms with E-state index in [9.17, 15) is 18.0 Å². The Morgan fingerprint density at radius 2 is 1.88 bits per heavy atom. The minimum Gasteiger partial charge on any atom is -0.446 e. The zero-order valence-electron chi connectivity index (χ0n) is 24.9. The van der Waals surface area contributed by atoms with Gasteiger partial charge in [-0.25, -0.2) is 14.8 Å². The highest BCUT2D eigenvalue weighted by Gasteiger charge is 2.38. The Morgan fingerprint density at radius 3 is 2.53 bits per heavy atom. The summed E-state index contributed by atoms with van der Waals surface area (Å²) in [5, 5.41) is 6.55. The third-order valence-corrected chi connectivity index (χ3v) is 8.33. The molecule has 5 rings (SSSR count). The van der Waals surface area contributed by atoms with E-state index in [1.807, 2.05) is 32.3 Å². The van der Waals surface area contributed by atoms with Crippen LogP contribution in [0.2, 0.25) is 0 Å². The van der Waals surface area contributed by atoms with Crippen LogP contribution in [0.15, 0.2) is 30.5 Å². The van der Waals surface area contributed by atoms with Crippen molar-refractivity contribution in [3.8, 4) is 0 Å². The monoisotopic (exact) mass is 603 g/mol. The molecule has 234 valence electrons. The van der Waals surface area contributed by atoms with Crippen molar-refractivity contribution in [2.75, 3.05) is 17.2 Å². The SMILES string of the molecule is C[C@H]1C[C@@H](Nc2ncc3nc(Nc4cccc(C(F)(F)F)c4)n(C4CCC(C(OC(N)=O)C(C)(C)C)CC4)c3n2)CCO1. The van der Waals surface area contributed by atoms with Crippen LogP contribution >= 0.6 is 0 Å². The molecule has 0 bridgehead atoms. The zero-order chi connectivity index (χ0) is 30.9. The number of ether oxygens (including phenoxy) is 2. The van der Waals surface area contributed by atoms with Crippen molar-refractivity contribution in [1.29, 1.82) is 0 Å². The number of hydrogen-bond donors (Lipinski definition) is 3. The maximum atomic E-state index is 13.4. The number of amides is 1. The molecule has 2 aromatic heterocycles. The Labute approximate surface area is 248 Å².